The Bertz CT molecular complexity index is 389. The zero-order valence-electron chi connectivity index (χ0n) is 12.3. The molecule has 0 atom stereocenters. The van der Waals surface area contributed by atoms with Crippen LogP contribution >= 0.6 is 0 Å². The molecular weight excluding hydrogens is 240 g/mol. The van der Waals surface area contributed by atoms with Crippen molar-refractivity contribution in [3.05, 3.63) is 18.0 Å². The Morgan fingerprint density at radius 2 is 2.00 bits per heavy atom. The van der Waals surface area contributed by atoms with Crippen LogP contribution in [-0.4, -0.2) is 36.0 Å². The number of nitrogens with zero attached hydrogens (tertiary/aromatic N) is 3. The average Bonchev–Trinajstić information content (AvgIpc) is 2.42. The van der Waals surface area contributed by atoms with Crippen LogP contribution < -0.4 is 10.2 Å². The van der Waals surface area contributed by atoms with Crippen LogP contribution in [0.2, 0.25) is 0 Å². The first-order chi connectivity index (χ1) is 9.04. The molecule has 0 aromatic carbocycles. The summed E-state index contributed by atoms with van der Waals surface area (Å²) >= 11 is 0. The molecule has 0 aliphatic rings. The van der Waals surface area contributed by atoms with Crippen LogP contribution in [0.1, 0.15) is 44.0 Å². The first kappa shape index (κ1) is 15.4. The number of anilines is 1. The van der Waals surface area contributed by atoms with Crippen molar-refractivity contribution >= 4 is 11.9 Å². The third-order valence-electron chi connectivity index (χ3n) is 2.76. The van der Waals surface area contributed by atoms with Gasteiger partial charge in [0.1, 0.15) is 0 Å². The summed E-state index contributed by atoms with van der Waals surface area (Å²) in [6.07, 6.45) is 5.41. The number of hydrogen-bond donors (Lipinski definition) is 1. The average molecular weight is 264 g/mol. The summed E-state index contributed by atoms with van der Waals surface area (Å²) in [6, 6.07) is 0. The largest absolute Gasteiger partial charge is 0.352 e. The van der Waals surface area contributed by atoms with Crippen LogP contribution in [0.4, 0.5) is 5.95 Å². The maximum Gasteiger partial charge on any atom is 0.254 e. The fraction of sp³-hybridized carbons (Fsp3) is 0.643. The molecule has 5 nitrogen and oxygen atoms in total. The molecule has 1 N–H and O–H groups in total. The van der Waals surface area contributed by atoms with Crippen molar-refractivity contribution < 1.29 is 4.79 Å². The van der Waals surface area contributed by atoms with E-state index in [1.54, 1.807) is 12.4 Å². The lowest BCUT2D eigenvalue weighted by Crippen LogP contribution is -2.28. The van der Waals surface area contributed by atoms with E-state index in [0.29, 0.717) is 24.0 Å². The molecule has 1 amide bonds. The topological polar surface area (TPSA) is 58.1 Å². The highest BCUT2D eigenvalue weighted by atomic mass is 16.1. The fourth-order valence-electron chi connectivity index (χ4n) is 1.53. The Morgan fingerprint density at radius 1 is 1.37 bits per heavy atom. The van der Waals surface area contributed by atoms with E-state index in [1.807, 2.05) is 11.9 Å². The van der Waals surface area contributed by atoms with Gasteiger partial charge in [0.2, 0.25) is 5.95 Å². The molecule has 106 valence electrons. The fourth-order valence-corrected chi connectivity index (χ4v) is 1.53. The quantitative estimate of drug-likeness (QED) is 0.819. The summed E-state index contributed by atoms with van der Waals surface area (Å²) in [5.41, 5.74) is 0.508. The zero-order valence-corrected chi connectivity index (χ0v) is 12.3. The molecule has 0 unspecified atom stereocenters. The van der Waals surface area contributed by atoms with Crippen LogP contribution in [-0.2, 0) is 0 Å². The predicted octanol–water partition coefficient (Wildman–Crippen LogP) is 2.10. The molecule has 1 rings (SSSR count). The summed E-state index contributed by atoms with van der Waals surface area (Å²) in [5, 5.41) is 2.85. The highest BCUT2D eigenvalue weighted by Gasteiger charge is 2.09. The monoisotopic (exact) mass is 264 g/mol. The molecule has 0 spiro atoms. The predicted molar refractivity (Wildman–Crippen MR) is 77.4 cm³/mol. The summed E-state index contributed by atoms with van der Waals surface area (Å²) in [7, 11) is 1.96. The van der Waals surface area contributed by atoms with Crippen LogP contribution in [0.5, 0.6) is 0 Å². The summed E-state index contributed by atoms with van der Waals surface area (Å²) < 4.78 is 0. The molecule has 0 aliphatic heterocycles. The van der Waals surface area contributed by atoms with Crippen molar-refractivity contribution in [3.8, 4) is 0 Å². The molecule has 1 aromatic rings. The number of rotatable bonds is 7. The number of carbonyl (C=O) groups is 1. The van der Waals surface area contributed by atoms with Gasteiger partial charge < -0.3 is 10.2 Å². The van der Waals surface area contributed by atoms with E-state index < -0.39 is 0 Å². The molecule has 19 heavy (non-hydrogen) atoms. The van der Waals surface area contributed by atoms with Gasteiger partial charge in [0.25, 0.3) is 5.91 Å². The van der Waals surface area contributed by atoms with Crippen molar-refractivity contribution in [2.24, 2.45) is 5.92 Å². The van der Waals surface area contributed by atoms with E-state index in [2.05, 4.69) is 36.1 Å². The van der Waals surface area contributed by atoms with Crippen molar-refractivity contribution in [2.45, 2.75) is 33.6 Å². The second-order valence-electron chi connectivity index (χ2n) is 5.15. The molecule has 0 aliphatic carbocycles. The Balaban J connectivity index is 2.57. The lowest BCUT2D eigenvalue weighted by Gasteiger charge is -2.16. The number of unbranched alkanes of at least 4 members (excludes halogenated alkanes) is 1. The molecule has 1 heterocycles. The van der Waals surface area contributed by atoms with E-state index in [1.165, 1.54) is 0 Å². The summed E-state index contributed by atoms with van der Waals surface area (Å²) in [5.74, 6) is 0.981. The first-order valence-corrected chi connectivity index (χ1v) is 6.86. The Morgan fingerprint density at radius 3 is 2.53 bits per heavy atom. The minimum absolute atomic E-state index is 0.114. The number of nitrogens with one attached hydrogen (secondary N) is 1. The molecule has 5 heteroatoms. The summed E-state index contributed by atoms with van der Waals surface area (Å²) in [6.45, 7) is 7.86. The maximum atomic E-state index is 11.8. The summed E-state index contributed by atoms with van der Waals surface area (Å²) in [4.78, 5) is 22.3. The first-order valence-electron chi connectivity index (χ1n) is 6.86. The maximum absolute atomic E-state index is 11.8. The van der Waals surface area contributed by atoms with E-state index in [9.17, 15) is 4.79 Å². The highest BCUT2D eigenvalue weighted by molar-refractivity contribution is 5.93. The lowest BCUT2D eigenvalue weighted by molar-refractivity contribution is 0.0948. The van der Waals surface area contributed by atoms with Gasteiger partial charge in [-0.15, -0.1) is 0 Å². The van der Waals surface area contributed by atoms with Crippen LogP contribution in [0.3, 0.4) is 0 Å². The molecule has 0 fully saturated rings. The van der Waals surface area contributed by atoms with Gasteiger partial charge in [-0.3, -0.25) is 4.79 Å². The molecule has 0 bridgehead atoms. The third kappa shape index (κ3) is 5.24. The van der Waals surface area contributed by atoms with Crippen LogP contribution in [0.25, 0.3) is 0 Å². The van der Waals surface area contributed by atoms with Gasteiger partial charge in [-0.1, -0.05) is 27.2 Å². The van der Waals surface area contributed by atoms with Crippen molar-refractivity contribution in [1.82, 2.24) is 15.3 Å². The Kier molecular flexibility index (Phi) is 6.25. The van der Waals surface area contributed by atoms with Crippen molar-refractivity contribution in [3.63, 3.8) is 0 Å². The SMILES string of the molecule is CCCCN(C)c1ncc(C(=O)NCC(C)C)cn1. The van der Waals surface area contributed by atoms with Gasteiger partial charge in [-0.05, 0) is 12.3 Å². The number of carbonyl (C=O) groups excluding carboxylic acids is 1. The van der Waals surface area contributed by atoms with Gasteiger partial charge in [0, 0.05) is 32.5 Å². The normalized spacial score (nSPS) is 10.6. The number of amides is 1. The molecule has 0 saturated heterocycles. The van der Waals surface area contributed by atoms with Gasteiger partial charge in [-0.25, -0.2) is 9.97 Å². The molecule has 0 saturated carbocycles. The Hall–Kier alpha value is -1.65. The lowest BCUT2D eigenvalue weighted by atomic mass is 10.2. The van der Waals surface area contributed by atoms with Crippen LogP contribution in [0.15, 0.2) is 12.4 Å². The van der Waals surface area contributed by atoms with Crippen LogP contribution in [0, 0.1) is 5.92 Å². The van der Waals surface area contributed by atoms with E-state index in [0.717, 1.165) is 19.4 Å². The van der Waals surface area contributed by atoms with Crippen molar-refractivity contribution in [2.75, 3.05) is 25.0 Å². The van der Waals surface area contributed by atoms with E-state index >= 15 is 0 Å². The minimum Gasteiger partial charge on any atom is -0.352 e. The van der Waals surface area contributed by atoms with E-state index in [4.69, 9.17) is 0 Å². The number of hydrogen-bond acceptors (Lipinski definition) is 4. The third-order valence-corrected chi connectivity index (χ3v) is 2.76. The minimum atomic E-state index is -0.114. The second kappa shape index (κ2) is 7.71. The van der Waals surface area contributed by atoms with Gasteiger partial charge in [-0.2, -0.15) is 0 Å². The molecular formula is C14H24N4O. The second-order valence-corrected chi connectivity index (χ2v) is 5.15. The molecule has 0 radical (unpaired) electrons. The Labute approximate surface area is 115 Å². The van der Waals surface area contributed by atoms with Crippen molar-refractivity contribution in [1.29, 1.82) is 0 Å². The van der Waals surface area contributed by atoms with Gasteiger partial charge in [0.15, 0.2) is 0 Å². The highest BCUT2D eigenvalue weighted by Crippen LogP contribution is 2.06. The van der Waals surface area contributed by atoms with Gasteiger partial charge in [0.05, 0.1) is 5.56 Å². The van der Waals surface area contributed by atoms with Gasteiger partial charge >= 0.3 is 0 Å². The smallest absolute Gasteiger partial charge is 0.254 e. The standard InChI is InChI=1S/C14H24N4O/c1-5-6-7-18(4)14-16-9-12(10-17-14)13(19)15-8-11(2)3/h9-11H,5-8H2,1-4H3,(H,15,19). The van der Waals surface area contributed by atoms with E-state index in [-0.39, 0.29) is 5.91 Å². The zero-order chi connectivity index (χ0) is 14.3. The number of aromatic nitrogens is 2. The molecule has 1 aromatic heterocycles.